The number of hydrogen-bond acceptors (Lipinski definition) is 2. The summed E-state index contributed by atoms with van der Waals surface area (Å²) in [5.41, 5.74) is 2.91. The van der Waals surface area contributed by atoms with Crippen LogP contribution in [0.3, 0.4) is 0 Å². The zero-order valence-electron chi connectivity index (χ0n) is 11.9. The summed E-state index contributed by atoms with van der Waals surface area (Å²) in [6.45, 7) is 8.05. The summed E-state index contributed by atoms with van der Waals surface area (Å²) in [6, 6.07) is 9.86. The Kier molecular flexibility index (Phi) is 4.79. The number of likely N-dealkylation sites (tertiary alicyclic amines) is 1. The highest BCUT2D eigenvalue weighted by atomic mass is 15.2. The maximum atomic E-state index is 3.37. The van der Waals surface area contributed by atoms with Crippen molar-refractivity contribution in [1.29, 1.82) is 0 Å². The third kappa shape index (κ3) is 3.82. The molecule has 2 nitrogen and oxygen atoms in total. The first-order chi connectivity index (χ1) is 8.67. The van der Waals surface area contributed by atoms with E-state index in [0.717, 1.165) is 12.5 Å². The van der Waals surface area contributed by atoms with Gasteiger partial charge in [-0.15, -0.1) is 0 Å². The maximum Gasteiger partial charge on any atom is 0.0234 e. The molecule has 0 aliphatic carbocycles. The van der Waals surface area contributed by atoms with E-state index in [0.29, 0.717) is 6.04 Å². The van der Waals surface area contributed by atoms with E-state index in [1.165, 1.54) is 37.1 Å². The van der Waals surface area contributed by atoms with E-state index in [1.807, 2.05) is 0 Å². The Bertz CT molecular complexity index is 356. The molecule has 2 heteroatoms. The second-order valence-corrected chi connectivity index (χ2v) is 5.92. The number of nitrogens with one attached hydrogen (secondary N) is 1. The van der Waals surface area contributed by atoms with E-state index in [-0.39, 0.29) is 0 Å². The fourth-order valence-electron chi connectivity index (χ4n) is 2.72. The van der Waals surface area contributed by atoms with Gasteiger partial charge in [-0.1, -0.05) is 38.1 Å². The minimum atomic E-state index is 0.685. The summed E-state index contributed by atoms with van der Waals surface area (Å²) in [5, 5.41) is 3.37. The Morgan fingerprint density at radius 1 is 1.22 bits per heavy atom. The van der Waals surface area contributed by atoms with Crippen molar-refractivity contribution in [3.05, 3.63) is 35.4 Å². The van der Waals surface area contributed by atoms with E-state index in [1.54, 1.807) is 0 Å². The molecule has 100 valence electrons. The highest BCUT2D eigenvalue weighted by Gasteiger charge is 2.20. The van der Waals surface area contributed by atoms with Gasteiger partial charge in [-0.05, 0) is 36.9 Å². The van der Waals surface area contributed by atoms with Crippen molar-refractivity contribution in [2.45, 2.75) is 39.3 Å². The minimum Gasteiger partial charge on any atom is -0.316 e. The first-order valence-corrected chi connectivity index (χ1v) is 7.15. The van der Waals surface area contributed by atoms with Gasteiger partial charge in [0.2, 0.25) is 0 Å². The Balaban J connectivity index is 1.87. The molecule has 1 aliphatic rings. The number of nitrogens with zero attached hydrogens (tertiary/aromatic N) is 1. The molecule has 1 saturated heterocycles. The third-order valence-electron chi connectivity index (χ3n) is 3.75. The number of likely N-dealkylation sites (N-methyl/N-ethyl adjacent to an activating group) is 1. The first kappa shape index (κ1) is 13.6. The van der Waals surface area contributed by atoms with Gasteiger partial charge < -0.3 is 5.32 Å². The van der Waals surface area contributed by atoms with Gasteiger partial charge in [-0.25, -0.2) is 0 Å². The van der Waals surface area contributed by atoms with Gasteiger partial charge in [0.05, 0.1) is 0 Å². The molecule has 0 amide bonds. The summed E-state index contributed by atoms with van der Waals surface area (Å²) >= 11 is 0. The SMILES string of the molecule is CNC1CCN(Cc2ccc(CC(C)C)cc2)C1. The molecular formula is C16H26N2. The van der Waals surface area contributed by atoms with E-state index < -0.39 is 0 Å². The maximum absolute atomic E-state index is 3.37. The lowest BCUT2D eigenvalue weighted by Gasteiger charge is -2.16. The Labute approximate surface area is 111 Å². The van der Waals surface area contributed by atoms with Gasteiger partial charge in [0.25, 0.3) is 0 Å². The van der Waals surface area contributed by atoms with Crippen LogP contribution in [0.25, 0.3) is 0 Å². The minimum absolute atomic E-state index is 0.685. The van der Waals surface area contributed by atoms with Crippen LogP contribution < -0.4 is 5.32 Å². The number of hydrogen-bond donors (Lipinski definition) is 1. The lowest BCUT2D eigenvalue weighted by atomic mass is 10.0. The van der Waals surface area contributed by atoms with Crippen LogP contribution in [0.1, 0.15) is 31.4 Å². The van der Waals surface area contributed by atoms with Crippen molar-refractivity contribution in [3.63, 3.8) is 0 Å². The van der Waals surface area contributed by atoms with Crippen LogP contribution in [0.15, 0.2) is 24.3 Å². The molecule has 0 spiro atoms. The Morgan fingerprint density at radius 3 is 2.44 bits per heavy atom. The molecule has 1 aromatic carbocycles. The van der Waals surface area contributed by atoms with E-state index in [4.69, 9.17) is 0 Å². The molecular weight excluding hydrogens is 220 g/mol. The number of benzene rings is 1. The molecule has 1 aromatic rings. The van der Waals surface area contributed by atoms with Crippen molar-refractivity contribution in [2.75, 3.05) is 20.1 Å². The summed E-state index contributed by atoms with van der Waals surface area (Å²) in [4.78, 5) is 2.54. The molecule has 0 aromatic heterocycles. The molecule has 1 N–H and O–H groups in total. The van der Waals surface area contributed by atoms with Crippen LogP contribution in [0.5, 0.6) is 0 Å². The fraction of sp³-hybridized carbons (Fsp3) is 0.625. The van der Waals surface area contributed by atoms with E-state index >= 15 is 0 Å². The van der Waals surface area contributed by atoms with Gasteiger partial charge in [-0.2, -0.15) is 0 Å². The molecule has 0 radical (unpaired) electrons. The summed E-state index contributed by atoms with van der Waals surface area (Å²) in [5.74, 6) is 0.741. The van der Waals surface area contributed by atoms with Gasteiger partial charge in [0, 0.05) is 25.7 Å². The predicted molar refractivity (Wildman–Crippen MR) is 77.7 cm³/mol. The van der Waals surface area contributed by atoms with Crippen molar-refractivity contribution >= 4 is 0 Å². The number of rotatable bonds is 5. The van der Waals surface area contributed by atoms with Crippen LogP contribution in [0.4, 0.5) is 0 Å². The molecule has 2 rings (SSSR count). The summed E-state index contributed by atoms with van der Waals surface area (Å²) in [7, 11) is 2.06. The fourth-order valence-corrected chi connectivity index (χ4v) is 2.72. The molecule has 1 unspecified atom stereocenters. The van der Waals surface area contributed by atoms with Gasteiger partial charge in [0.15, 0.2) is 0 Å². The third-order valence-corrected chi connectivity index (χ3v) is 3.75. The molecule has 0 bridgehead atoms. The molecule has 1 aliphatic heterocycles. The van der Waals surface area contributed by atoms with Crippen LogP contribution >= 0.6 is 0 Å². The summed E-state index contributed by atoms with van der Waals surface area (Å²) < 4.78 is 0. The quantitative estimate of drug-likeness (QED) is 0.859. The van der Waals surface area contributed by atoms with Crippen LogP contribution in [-0.4, -0.2) is 31.1 Å². The highest BCUT2D eigenvalue weighted by molar-refractivity contribution is 5.23. The standard InChI is InChI=1S/C16H26N2/c1-13(2)10-14-4-6-15(7-5-14)11-18-9-8-16(12-18)17-3/h4-7,13,16-17H,8-12H2,1-3H3. The van der Waals surface area contributed by atoms with Crippen LogP contribution in [-0.2, 0) is 13.0 Å². The molecule has 1 fully saturated rings. The first-order valence-electron chi connectivity index (χ1n) is 7.15. The second-order valence-electron chi connectivity index (χ2n) is 5.92. The van der Waals surface area contributed by atoms with Crippen molar-refractivity contribution < 1.29 is 0 Å². The zero-order chi connectivity index (χ0) is 13.0. The van der Waals surface area contributed by atoms with Gasteiger partial charge in [-0.3, -0.25) is 4.90 Å². The predicted octanol–water partition coefficient (Wildman–Crippen LogP) is 2.68. The molecule has 0 saturated carbocycles. The summed E-state index contributed by atoms with van der Waals surface area (Å²) in [6.07, 6.45) is 2.47. The Morgan fingerprint density at radius 2 is 1.89 bits per heavy atom. The highest BCUT2D eigenvalue weighted by Crippen LogP contribution is 2.15. The zero-order valence-corrected chi connectivity index (χ0v) is 11.9. The lowest BCUT2D eigenvalue weighted by Crippen LogP contribution is -2.29. The van der Waals surface area contributed by atoms with Crippen molar-refractivity contribution in [3.8, 4) is 0 Å². The monoisotopic (exact) mass is 246 g/mol. The normalized spacial score (nSPS) is 20.8. The van der Waals surface area contributed by atoms with Crippen LogP contribution in [0, 0.1) is 5.92 Å². The van der Waals surface area contributed by atoms with E-state index in [9.17, 15) is 0 Å². The molecule has 1 heterocycles. The van der Waals surface area contributed by atoms with Crippen molar-refractivity contribution in [2.24, 2.45) is 5.92 Å². The average Bonchev–Trinajstić information content (AvgIpc) is 2.79. The smallest absolute Gasteiger partial charge is 0.0234 e. The average molecular weight is 246 g/mol. The van der Waals surface area contributed by atoms with E-state index in [2.05, 4.69) is 55.4 Å². The largest absolute Gasteiger partial charge is 0.316 e. The van der Waals surface area contributed by atoms with Crippen LogP contribution in [0.2, 0.25) is 0 Å². The van der Waals surface area contributed by atoms with Gasteiger partial charge >= 0.3 is 0 Å². The second kappa shape index (κ2) is 6.35. The Hall–Kier alpha value is -0.860. The molecule has 1 atom stereocenters. The lowest BCUT2D eigenvalue weighted by molar-refractivity contribution is 0.322. The van der Waals surface area contributed by atoms with Crippen molar-refractivity contribution in [1.82, 2.24) is 10.2 Å². The topological polar surface area (TPSA) is 15.3 Å². The van der Waals surface area contributed by atoms with Gasteiger partial charge in [0.1, 0.15) is 0 Å². The molecule has 18 heavy (non-hydrogen) atoms.